The van der Waals surface area contributed by atoms with Gasteiger partial charge in [0.1, 0.15) is 5.75 Å². The van der Waals surface area contributed by atoms with Crippen LogP contribution in [0.3, 0.4) is 0 Å². The molecular weight excluding hydrogens is 442 g/mol. The van der Waals surface area contributed by atoms with Crippen molar-refractivity contribution in [2.45, 2.75) is 45.4 Å². The summed E-state index contributed by atoms with van der Waals surface area (Å²) < 4.78 is 30.4. The molecule has 0 spiro atoms. The molecule has 1 aliphatic heterocycles. The standard InChI is InChI=1S/C24H31N3O5S/c1-4-22(32-21-13-11-20(12-14-21)26(2)33(3,30)31)24(29)25-16-18-8-5-6-9-19(18)17-27-15-7-10-23(27)28/h5-6,8-9,11-14,22H,4,7,10,15-17H2,1-3H3,(H,25,29)/t22-/m0/s1. The summed E-state index contributed by atoms with van der Waals surface area (Å²) in [5, 5.41) is 2.94. The number of amides is 2. The minimum absolute atomic E-state index is 0.169. The molecule has 1 fully saturated rings. The van der Waals surface area contributed by atoms with Crippen molar-refractivity contribution in [3.63, 3.8) is 0 Å². The lowest BCUT2D eigenvalue weighted by molar-refractivity contribution is -0.129. The molecule has 0 aromatic heterocycles. The zero-order valence-electron chi connectivity index (χ0n) is 19.3. The molecular formula is C24H31N3O5S. The summed E-state index contributed by atoms with van der Waals surface area (Å²) in [6.07, 6.45) is 2.41. The van der Waals surface area contributed by atoms with Gasteiger partial charge in [-0.3, -0.25) is 13.9 Å². The second-order valence-electron chi connectivity index (χ2n) is 8.14. The zero-order chi connectivity index (χ0) is 24.0. The summed E-state index contributed by atoms with van der Waals surface area (Å²) in [6.45, 7) is 3.52. The Bertz CT molecular complexity index is 1090. The fraction of sp³-hybridized carbons (Fsp3) is 0.417. The number of anilines is 1. The first-order valence-corrected chi connectivity index (χ1v) is 12.9. The summed E-state index contributed by atoms with van der Waals surface area (Å²) >= 11 is 0. The molecule has 1 N–H and O–H groups in total. The molecule has 0 bridgehead atoms. The number of ether oxygens (including phenoxy) is 1. The molecule has 1 heterocycles. The van der Waals surface area contributed by atoms with Gasteiger partial charge in [-0.2, -0.15) is 0 Å². The van der Waals surface area contributed by atoms with Crippen molar-refractivity contribution in [3.05, 3.63) is 59.7 Å². The predicted molar refractivity (Wildman–Crippen MR) is 127 cm³/mol. The molecule has 1 atom stereocenters. The van der Waals surface area contributed by atoms with Crippen LogP contribution in [-0.4, -0.2) is 51.1 Å². The maximum atomic E-state index is 12.8. The van der Waals surface area contributed by atoms with Crippen molar-refractivity contribution in [3.8, 4) is 5.75 Å². The lowest BCUT2D eigenvalue weighted by Gasteiger charge is -2.21. The first-order chi connectivity index (χ1) is 15.7. The summed E-state index contributed by atoms with van der Waals surface area (Å²) in [5.41, 5.74) is 2.50. The van der Waals surface area contributed by atoms with Crippen molar-refractivity contribution in [2.24, 2.45) is 0 Å². The Morgan fingerprint density at radius 1 is 1.15 bits per heavy atom. The topological polar surface area (TPSA) is 96.0 Å². The second-order valence-corrected chi connectivity index (χ2v) is 10.2. The SMILES string of the molecule is CC[C@H](Oc1ccc(N(C)S(C)(=O)=O)cc1)C(=O)NCc1ccccc1CN1CCCC1=O. The van der Waals surface area contributed by atoms with Crippen LogP contribution in [-0.2, 0) is 32.7 Å². The third-order valence-electron chi connectivity index (χ3n) is 5.74. The largest absolute Gasteiger partial charge is 0.481 e. The number of benzene rings is 2. The molecule has 0 saturated carbocycles. The van der Waals surface area contributed by atoms with Crippen LogP contribution in [0.25, 0.3) is 0 Å². The maximum absolute atomic E-state index is 12.8. The smallest absolute Gasteiger partial charge is 0.261 e. The number of rotatable bonds is 10. The minimum atomic E-state index is -3.35. The number of nitrogens with one attached hydrogen (secondary N) is 1. The highest BCUT2D eigenvalue weighted by Crippen LogP contribution is 2.22. The van der Waals surface area contributed by atoms with Gasteiger partial charge >= 0.3 is 0 Å². The van der Waals surface area contributed by atoms with Crippen LogP contribution in [0, 0.1) is 0 Å². The molecule has 8 nitrogen and oxygen atoms in total. The maximum Gasteiger partial charge on any atom is 0.261 e. The first kappa shape index (κ1) is 24.6. The molecule has 0 radical (unpaired) electrons. The van der Waals surface area contributed by atoms with Crippen molar-refractivity contribution in [1.29, 1.82) is 0 Å². The fourth-order valence-electron chi connectivity index (χ4n) is 3.67. The highest BCUT2D eigenvalue weighted by Gasteiger charge is 2.22. The Balaban J connectivity index is 1.60. The average Bonchev–Trinajstić information content (AvgIpc) is 3.20. The average molecular weight is 474 g/mol. The molecule has 1 aliphatic rings. The molecule has 0 aliphatic carbocycles. The third kappa shape index (κ3) is 6.47. The summed E-state index contributed by atoms with van der Waals surface area (Å²) in [4.78, 5) is 26.6. The number of hydrogen-bond donors (Lipinski definition) is 1. The molecule has 2 amide bonds. The van der Waals surface area contributed by atoms with E-state index < -0.39 is 16.1 Å². The Hall–Kier alpha value is -3.07. The van der Waals surface area contributed by atoms with Crippen molar-refractivity contribution in [2.75, 3.05) is 24.2 Å². The number of carbonyl (C=O) groups is 2. The zero-order valence-corrected chi connectivity index (χ0v) is 20.1. The van der Waals surface area contributed by atoms with Crippen molar-refractivity contribution >= 4 is 27.5 Å². The van der Waals surface area contributed by atoms with E-state index in [9.17, 15) is 18.0 Å². The molecule has 178 valence electrons. The molecule has 2 aromatic carbocycles. The van der Waals surface area contributed by atoms with Crippen LogP contribution in [0.5, 0.6) is 5.75 Å². The van der Waals surface area contributed by atoms with E-state index in [1.54, 1.807) is 24.3 Å². The number of likely N-dealkylation sites (tertiary alicyclic amines) is 1. The number of carbonyl (C=O) groups excluding carboxylic acids is 2. The second kappa shape index (κ2) is 10.7. The van der Waals surface area contributed by atoms with E-state index in [1.807, 2.05) is 36.1 Å². The Labute approximate surface area is 195 Å². The van der Waals surface area contributed by atoms with Gasteiger partial charge in [0.25, 0.3) is 5.91 Å². The van der Waals surface area contributed by atoms with E-state index in [-0.39, 0.29) is 11.8 Å². The lowest BCUT2D eigenvalue weighted by atomic mass is 10.1. The van der Waals surface area contributed by atoms with Gasteiger partial charge in [0.05, 0.1) is 11.9 Å². The van der Waals surface area contributed by atoms with E-state index in [0.29, 0.717) is 37.4 Å². The van der Waals surface area contributed by atoms with Crippen LogP contribution < -0.4 is 14.4 Å². The van der Waals surface area contributed by atoms with E-state index in [1.165, 1.54) is 11.4 Å². The highest BCUT2D eigenvalue weighted by molar-refractivity contribution is 7.92. The minimum Gasteiger partial charge on any atom is -0.481 e. The van der Waals surface area contributed by atoms with Gasteiger partial charge in [-0.05, 0) is 48.2 Å². The molecule has 3 rings (SSSR count). The van der Waals surface area contributed by atoms with E-state index in [4.69, 9.17) is 4.74 Å². The van der Waals surface area contributed by atoms with Gasteiger partial charge in [-0.1, -0.05) is 31.2 Å². The number of nitrogens with zero attached hydrogens (tertiary/aromatic N) is 2. The Kier molecular flexibility index (Phi) is 7.97. The summed E-state index contributed by atoms with van der Waals surface area (Å²) in [5.74, 6) is 0.416. The van der Waals surface area contributed by atoms with Gasteiger partial charge in [0.15, 0.2) is 6.10 Å². The van der Waals surface area contributed by atoms with Crippen LogP contribution in [0.15, 0.2) is 48.5 Å². The highest BCUT2D eigenvalue weighted by atomic mass is 32.2. The first-order valence-electron chi connectivity index (χ1n) is 11.0. The molecule has 1 saturated heterocycles. The summed E-state index contributed by atoms with van der Waals surface area (Å²) in [7, 11) is -1.87. The molecule has 2 aromatic rings. The quantitative estimate of drug-likeness (QED) is 0.572. The van der Waals surface area contributed by atoms with Crippen LogP contribution in [0.1, 0.15) is 37.3 Å². The monoisotopic (exact) mass is 473 g/mol. The number of sulfonamides is 1. The van der Waals surface area contributed by atoms with Gasteiger partial charge in [0, 0.05) is 33.1 Å². The Morgan fingerprint density at radius 3 is 2.39 bits per heavy atom. The van der Waals surface area contributed by atoms with Crippen LogP contribution >= 0.6 is 0 Å². The molecule has 33 heavy (non-hydrogen) atoms. The predicted octanol–water partition coefficient (Wildman–Crippen LogP) is 2.68. The van der Waals surface area contributed by atoms with Crippen molar-refractivity contribution < 1.29 is 22.7 Å². The third-order valence-corrected chi connectivity index (χ3v) is 6.95. The van der Waals surface area contributed by atoms with E-state index in [2.05, 4.69) is 5.32 Å². The van der Waals surface area contributed by atoms with Gasteiger partial charge in [-0.15, -0.1) is 0 Å². The van der Waals surface area contributed by atoms with Crippen molar-refractivity contribution in [1.82, 2.24) is 10.2 Å². The fourth-order valence-corrected chi connectivity index (χ4v) is 4.17. The number of hydrogen-bond acceptors (Lipinski definition) is 5. The lowest BCUT2D eigenvalue weighted by Crippen LogP contribution is -2.38. The van der Waals surface area contributed by atoms with Gasteiger partial charge in [-0.25, -0.2) is 8.42 Å². The molecule has 9 heteroatoms. The van der Waals surface area contributed by atoms with Crippen LogP contribution in [0.4, 0.5) is 5.69 Å². The normalized spacial score (nSPS) is 14.8. The Morgan fingerprint density at radius 2 is 1.82 bits per heavy atom. The van der Waals surface area contributed by atoms with Gasteiger partial charge in [0.2, 0.25) is 15.9 Å². The van der Waals surface area contributed by atoms with Gasteiger partial charge < -0.3 is 15.0 Å². The van der Waals surface area contributed by atoms with E-state index >= 15 is 0 Å². The summed E-state index contributed by atoms with van der Waals surface area (Å²) in [6, 6.07) is 14.4. The van der Waals surface area contributed by atoms with E-state index in [0.717, 1.165) is 30.3 Å². The molecule has 0 unspecified atom stereocenters. The van der Waals surface area contributed by atoms with Crippen LogP contribution in [0.2, 0.25) is 0 Å².